The van der Waals surface area contributed by atoms with E-state index in [4.69, 9.17) is 10.5 Å². The molecule has 1 unspecified atom stereocenters. The first-order chi connectivity index (χ1) is 10.7. The SMILES string of the molecule is COc1ccc(CCCCCC(=O)NC(CN)C2CC2)cc1.Cl. The third-order valence-corrected chi connectivity index (χ3v) is 4.32. The molecule has 1 aromatic carbocycles. The fraction of sp³-hybridized carbons (Fsp3) is 0.611. The van der Waals surface area contributed by atoms with E-state index in [2.05, 4.69) is 17.4 Å². The summed E-state index contributed by atoms with van der Waals surface area (Å²) in [5.41, 5.74) is 7.02. The maximum absolute atomic E-state index is 11.9. The maximum Gasteiger partial charge on any atom is 0.220 e. The van der Waals surface area contributed by atoms with Crippen LogP contribution in [0.4, 0.5) is 0 Å². The number of nitrogens with one attached hydrogen (secondary N) is 1. The fourth-order valence-corrected chi connectivity index (χ4v) is 2.73. The number of hydrogen-bond donors (Lipinski definition) is 2. The number of halogens is 1. The van der Waals surface area contributed by atoms with Gasteiger partial charge >= 0.3 is 0 Å². The van der Waals surface area contributed by atoms with E-state index in [0.29, 0.717) is 18.9 Å². The van der Waals surface area contributed by atoms with Gasteiger partial charge in [0.25, 0.3) is 0 Å². The third-order valence-electron chi connectivity index (χ3n) is 4.32. The van der Waals surface area contributed by atoms with Gasteiger partial charge in [-0.05, 0) is 55.7 Å². The molecule has 0 spiro atoms. The predicted molar refractivity (Wildman–Crippen MR) is 96.1 cm³/mol. The lowest BCUT2D eigenvalue weighted by Crippen LogP contribution is -2.41. The van der Waals surface area contributed by atoms with Crippen molar-refractivity contribution < 1.29 is 9.53 Å². The largest absolute Gasteiger partial charge is 0.497 e. The van der Waals surface area contributed by atoms with Crippen LogP contribution < -0.4 is 15.8 Å². The third kappa shape index (κ3) is 7.23. The molecule has 0 saturated heterocycles. The van der Waals surface area contributed by atoms with Crippen LogP contribution in [0.25, 0.3) is 0 Å². The minimum Gasteiger partial charge on any atom is -0.497 e. The normalized spacial score (nSPS) is 14.7. The molecule has 0 aliphatic heterocycles. The van der Waals surface area contributed by atoms with Gasteiger partial charge in [0.05, 0.1) is 7.11 Å². The van der Waals surface area contributed by atoms with Crippen molar-refractivity contribution in [1.29, 1.82) is 0 Å². The molecule has 1 atom stereocenters. The maximum atomic E-state index is 11.9. The van der Waals surface area contributed by atoms with Crippen molar-refractivity contribution in [2.75, 3.05) is 13.7 Å². The molecule has 1 aliphatic rings. The Labute approximate surface area is 145 Å². The van der Waals surface area contributed by atoms with Crippen LogP contribution in [0.2, 0.25) is 0 Å². The zero-order valence-corrected chi connectivity index (χ0v) is 14.7. The van der Waals surface area contributed by atoms with Gasteiger partial charge in [-0.1, -0.05) is 18.6 Å². The van der Waals surface area contributed by atoms with E-state index < -0.39 is 0 Å². The summed E-state index contributed by atoms with van der Waals surface area (Å²) < 4.78 is 5.15. The Morgan fingerprint density at radius 2 is 1.96 bits per heavy atom. The summed E-state index contributed by atoms with van der Waals surface area (Å²) in [5.74, 6) is 1.68. The van der Waals surface area contributed by atoms with Crippen LogP contribution in [0.5, 0.6) is 5.75 Å². The minimum atomic E-state index is 0. The first kappa shape index (κ1) is 19.8. The van der Waals surface area contributed by atoms with Crippen LogP contribution in [0.15, 0.2) is 24.3 Å². The Balaban J connectivity index is 0.00000264. The summed E-state index contributed by atoms with van der Waals surface area (Å²) in [6, 6.07) is 8.40. The molecule has 0 bridgehead atoms. The first-order valence-corrected chi connectivity index (χ1v) is 8.35. The Morgan fingerprint density at radius 3 is 2.52 bits per heavy atom. The molecule has 1 amide bonds. The highest BCUT2D eigenvalue weighted by atomic mass is 35.5. The fourth-order valence-electron chi connectivity index (χ4n) is 2.73. The van der Waals surface area contributed by atoms with Crippen LogP contribution in [0, 0.1) is 5.92 Å². The summed E-state index contributed by atoms with van der Waals surface area (Å²) in [5, 5.41) is 3.07. The van der Waals surface area contributed by atoms with E-state index >= 15 is 0 Å². The summed E-state index contributed by atoms with van der Waals surface area (Å²) in [4.78, 5) is 11.9. The summed E-state index contributed by atoms with van der Waals surface area (Å²) in [6.07, 6.45) is 7.24. The van der Waals surface area contributed by atoms with Crippen LogP contribution in [-0.4, -0.2) is 25.6 Å². The van der Waals surface area contributed by atoms with Crippen molar-refractivity contribution in [1.82, 2.24) is 5.32 Å². The number of amides is 1. The lowest BCUT2D eigenvalue weighted by molar-refractivity contribution is -0.122. The van der Waals surface area contributed by atoms with Crippen molar-refractivity contribution in [2.24, 2.45) is 11.7 Å². The highest BCUT2D eigenvalue weighted by Crippen LogP contribution is 2.32. The van der Waals surface area contributed by atoms with Crippen LogP contribution in [-0.2, 0) is 11.2 Å². The predicted octanol–water partition coefficient (Wildman–Crippen LogP) is 3.07. The number of aryl methyl sites for hydroxylation is 1. The van der Waals surface area contributed by atoms with E-state index in [9.17, 15) is 4.79 Å². The lowest BCUT2D eigenvalue weighted by Gasteiger charge is -2.15. The van der Waals surface area contributed by atoms with Crippen molar-refractivity contribution in [3.05, 3.63) is 29.8 Å². The highest BCUT2D eigenvalue weighted by Gasteiger charge is 2.30. The Kier molecular flexibility index (Phi) is 9.03. The van der Waals surface area contributed by atoms with Gasteiger partial charge < -0.3 is 15.8 Å². The number of ether oxygens (including phenoxy) is 1. The van der Waals surface area contributed by atoms with Gasteiger partial charge in [0.1, 0.15) is 5.75 Å². The Bertz CT molecular complexity index is 461. The van der Waals surface area contributed by atoms with Gasteiger partial charge in [0.2, 0.25) is 5.91 Å². The number of rotatable bonds is 10. The van der Waals surface area contributed by atoms with Crippen molar-refractivity contribution in [2.45, 2.75) is 51.0 Å². The molecular weight excluding hydrogens is 312 g/mol. The topological polar surface area (TPSA) is 64.3 Å². The molecule has 1 aromatic rings. The van der Waals surface area contributed by atoms with Crippen LogP contribution in [0.1, 0.15) is 44.1 Å². The van der Waals surface area contributed by atoms with Crippen molar-refractivity contribution in [3.63, 3.8) is 0 Å². The highest BCUT2D eigenvalue weighted by molar-refractivity contribution is 5.85. The summed E-state index contributed by atoms with van der Waals surface area (Å²) >= 11 is 0. The second-order valence-corrected chi connectivity index (χ2v) is 6.16. The quantitative estimate of drug-likeness (QED) is 0.643. The zero-order chi connectivity index (χ0) is 15.8. The minimum absolute atomic E-state index is 0. The molecular formula is C18H29ClN2O2. The average Bonchev–Trinajstić information content (AvgIpc) is 3.37. The van der Waals surface area contributed by atoms with E-state index in [0.717, 1.165) is 31.4 Å². The summed E-state index contributed by atoms with van der Waals surface area (Å²) in [6.45, 7) is 0.563. The average molecular weight is 341 g/mol. The molecule has 5 heteroatoms. The van der Waals surface area contributed by atoms with Gasteiger partial charge in [-0.3, -0.25) is 4.79 Å². The number of benzene rings is 1. The number of unbranched alkanes of at least 4 members (excludes halogenated alkanes) is 2. The smallest absolute Gasteiger partial charge is 0.220 e. The van der Waals surface area contributed by atoms with Crippen LogP contribution >= 0.6 is 12.4 Å². The molecule has 23 heavy (non-hydrogen) atoms. The van der Waals surface area contributed by atoms with Gasteiger partial charge in [-0.25, -0.2) is 0 Å². The number of carbonyl (C=O) groups excluding carboxylic acids is 1. The standard InChI is InChI=1S/C18H28N2O2.ClH/c1-22-16-11-7-14(8-12-16)5-3-2-4-6-18(21)20-17(13-19)15-9-10-15;/h7-8,11-12,15,17H,2-6,9-10,13,19H2,1H3,(H,20,21);1H. The lowest BCUT2D eigenvalue weighted by atomic mass is 10.1. The van der Waals surface area contributed by atoms with E-state index in [1.807, 2.05) is 12.1 Å². The van der Waals surface area contributed by atoms with Gasteiger partial charge in [0, 0.05) is 19.0 Å². The molecule has 2 rings (SSSR count). The monoisotopic (exact) mass is 340 g/mol. The van der Waals surface area contributed by atoms with E-state index in [1.54, 1.807) is 7.11 Å². The molecule has 0 heterocycles. The summed E-state index contributed by atoms with van der Waals surface area (Å²) in [7, 11) is 1.68. The Hall–Kier alpha value is -1.26. The van der Waals surface area contributed by atoms with E-state index in [-0.39, 0.29) is 24.4 Å². The molecule has 0 aromatic heterocycles. The molecule has 3 N–H and O–H groups in total. The van der Waals surface area contributed by atoms with Crippen LogP contribution in [0.3, 0.4) is 0 Å². The van der Waals surface area contributed by atoms with Crippen molar-refractivity contribution >= 4 is 18.3 Å². The Morgan fingerprint density at radius 1 is 1.26 bits per heavy atom. The molecule has 130 valence electrons. The second kappa shape index (κ2) is 10.5. The molecule has 0 radical (unpaired) electrons. The van der Waals surface area contributed by atoms with Gasteiger partial charge in [-0.2, -0.15) is 0 Å². The molecule has 4 nitrogen and oxygen atoms in total. The molecule has 1 aliphatic carbocycles. The van der Waals surface area contributed by atoms with Crippen molar-refractivity contribution in [3.8, 4) is 5.75 Å². The van der Waals surface area contributed by atoms with Gasteiger partial charge in [0.15, 0.2) is 0 Å². The second-order valence-electron chi connectivity index (χ2n) is 6.16. The molecule has 1 saturated carbocycles. The first-order valence-electron chi connectivity index (χ1n) is 8.35. The van der Waals surface area contributed by atoms with E-state index in [1.165, 1.54) is 18.4 Å². The number of nitrogens with two attached hydrogens (primary N) is 1. The molecule has 1 fully saturated rings. The number of methoxy groups -OCH3 is 1. The zero-order valence-electron chi connectivity index (χ0n) is 13.9. The number of hydrogen-bond acceptors (Lipinski definition) is 3. The van der Waals surface area contributed by atoms with Gasteiger partial charge in [-0.15, -0.1) is 12.4 Å². The number of carbonyl (C=O) groups is 1.